The smallest absolute Gasteiger partial charge is 0.237 e. The minimum atomic E-state index is -0.507. The van der Waals surface area contributed by atoms with Gasteiger partial charge in [-0.05, 0) is 31.0 Å². The van der Waals surface area contributed by atoms with E-state index in [1.165, 1.54) is 0 Å². The van der Waals surface area contributed by atoms with Gasteiger partial charge in [-0.25, -0.2) is 0 Å². The molecule has 3 N–H and O–H groups in total. The Morgan fingerprint density at radius 1 is 1.22 bits per heavy atom. The minimum absolute atomic E-state index is 0.0674. The van der Waals surface area contributed by atoms with Crippen molar-refractivity contribution < 1.29 is 9.59 Å². The number of amides is 2. The van der Waals surface area contributed by atoms with E-state index in [-0.39, 0.29) is 30.3 Å². The molecule has 7 heteroatoms. The van der Waals surface area contributed by atoms with E-state index in [0.717, 1.165) is 25.7 Å². The van der Waals surface area contributed by atoms with E-state index in [9.17, 15) is 9.59 Å². The summed E-state index contributed by atoms with van der Waals surface area (Å²) in [6.45, 7) is 0. The van der Waals surface area contributed by atoms with E-state index < -0.39 is 6.04 Å². The second-order valence-electron chi connectivity index (χ2n) is 6.10. The van der Waals surface area contributed by atoms with Gasteiger partial charge in [-0.3, -0.25) is 9.59 Å². The Kier molecular flexibility index (Phi) is 5.09. The average molecular weight is 356 g/mol. The molecule has 2 amide bonds. The van der Waals surface area contributed by atoms with Gasteiger partial charge in [0, 0.05) is 17.1 Å². The molecule has 0 radical (unpaired) electrons. The highest BCUT2D eigenvalue weighted by atomic mass is 35.5. The van der Waals surface area contributed by atoms with Gasteiger partial charge in [-0.1, -0.05) is 36.0 Å². The molecule has 1 aliphatic carbocycles. The predicted molar refractivity (Wildman–Crippen MR) is 90.8 cm³/mol. The van der Waals surface area contributed by atoms with Crippen LogP contribution in [-0.2, 0) is 9.59 Å². The first-order valence-electron chi connectivity index (χ1n) is 7.84. The zero-order chi connectivity index (χ0) is 16.4. The molecule has 0 unspecified atom stereocenters. The Bertz CT molecular complexity index is 623. The van der Waals surface area contributed by atoms with Crippen molar-refractivity contribution in [1.82, 2.24) is 10.6 Å². The predicted octanol–water partition coefficient (Wildman–Crippen LogP) is 2.72. The fraction of sp³-hybridized carbons (Fsp3) is 0.500. The Labute approximate surface area is 145 Å². The molecule has 3 atom stereocenters. The normalized spacial score (nSPS) is 27.0. The molecule has 0 spiro atoms. The summed E-state index contributed by atoms with van der Waals surface area (Å²) >= 11 is 11.9. The number of carbonyl (C=O) groups is 2. The third-order valence-corrected chi connectivity index (χ3v) is 4.98. The highest BCUT2D eigenvalue weighted by molar-refractivity contribution is 6.35. The largest absolute Gasteiger partial charge is 0.350 e. The van der Waals surface area contributed by atoms with Crippen molar-refractivity contribution in [3.63, 3.8) is 0 Å². The number of nitrogens with one attached hydrogen (secondary N) is 3. The van der Waals surface area contributed by atoms with Gasteiger partial charge in [0.15, 0.2) is 0 Å². The second-order valence-corrected chi connectivity index (χ2v) is 6.95. The monoisotopic (exact) mass is 355 g/mol. The number of rotatable bonds is 3. The molecule has 23 heavy (non-hydrogen) atoms. The Morgan fingerprint density at radius 2 is 1.96 bits per heavy atom. The van der Waals surface area contributed by atoms with Gasteiger partial charge in [0.25, 0.3) is 0 Å². The van der Waals surface area contributed by atoms with Gasteiger partial charge in [0.1, 0.15) is 0 Å². The number of hydrogen-bond donors (Lipinski definition) is 3. The summed E-state index contributed by atoms with van der Waals surface area (Å²) in [6.07, 6.45) is 4.39. The molecule has 2 fully saturated rings. The molecule has 2 aliphatic rings. The molecule has 1 heterocycles. The van der Waals surface area contributed by atoms with Crippen LogP contribution >= 0.6 is 23.2 Å². The van der Waals surface area contributed by atoms with Crippen LogP contribution in [-0.4, -0.2) is 29.9 Å². The number of carbonyl (C=O) groups excluding carboxylic acids is 2. The SMILES string of the molecule is O=C(C[C@H]1N[C@@H]2CCCC[C@@H]2NC1=O)Nc1cc(Cl)ccc1Cl. The van der Waals surface area contributed by atoms with E-state index in [0.29, 0.717) is 15.7 Å². The highest BCUT2D eigenvalue weighted by Gasteiger charge is 2.36. The molecule has 0 bridgehead atoms. The summed E-state index contributed by atoms with van der Waals surface area (Å²) in [5.74, 6) is -0.378. The molecule has 1 saturated carbocycles. The van der Waals surface area contributed by atoms with Crippen LogP contribution in [0.1, 0.15) is 32.1 Å². The van der Waals surface area contributed by atoms with Gasteiger partial charge in [-0.15, -0.1) is 0 Å². The molecule has 1 saturated heterocycles. The maximum Gasteiger partial charge on any atom is 0.237 e. The van der Waals surface area contributed by atoms with Crippen LogP contribution < -0.4 is 16.0 Å². The fourth-order valence-corrected chi connectivity index (χ4v) is 3.59. The lowest BCUT2D eigenvalue weighted by Gasteiger charge is -2.40. The molecule has 1 aromatic rings. The average Bonchev–Trinajstić information content (AvgIpc) is 2.51. The molecular formula is C16H19Cl2N3O2. The van der Waals surface area contributed by atoms with E-state index in [2.05, 4.69) is 16.0 Å². The lowest BCUT2D eigenvalue weighted by Crippen LogP contribution is -2.65. The third kappa shape index (κ3) is 3.97. The molecule has 5 nitrogen and oxygen atoms in total. The number of anilines is 1. The maximum atomic E-state index is 12.2. The summed E-state index contributed by atoms with van der Waals surface area (Å²) < 4.78 is 0. The van der Waals surface area contributed by atoms with Gasteiger partial charge >= 0.3 is 0 Å². The van der Waals surface area contributed by atoms with Crippen molar-refractivity contribution in [3.8, 4) is 0 Å². The second kappa shape index (κ2) is 7.07. The summed E-state index contributed by atoms with van der Waals surface area (Å²) in [6, 6.07) is 4.81. The van der Waals surface area contributed by atoms with Crippen LogP contribution in [0.5, 0.6) is 0 Å². The van der Waals surface area contributed by atoms with Crippen molar-refractivity contribution >= 4 is 40.7 Å². The van der Waals surface area contributed by atoms with Gasteiger partial charge < -0.3 is 16.0 Å². The maximum absolute atomic E-state index is 12.2. The van der Waals surface area contributed by atoms with E-state index in [1.807, 2.05) is 0 Å². The Balaban J connectivity index is 1.61. The lowest BCUT2D eigenvalue weighted by atomic mass is 9.87. The van der Waals surface area contributed by atoms with Crippen LogP contribution in [0.25, 0.3) is 0 Å². The van der Waals surface area contributed by atoms with Crippen molar-refractivity contribution in [2.45, 2.75) is 50.2 Å². The first kappa shape index (κ1) is 16.6. The fourth-order valence-electron chi connectivity index (χ4n) is 3.25. The lowest BCUT2D eigenvalue weighted by molar-refractivity contribution is -0.129. The quantitative estimate of drug-likeness (QED) is 0.780. The topological polar surface area (TPSA) is 70.2 Å². The Morgan fingerprint density at radius 3 is 2.74 bits per heavy atom. The third-order valence-electron chi connectivity index (χ3n) is 4.42. The molecule has 0 aromatic heterocycles. The highest BCUT2D eigenvalue weighted by Crippen LogP contribution is 2.26. The summed E-state index contributed by atoms with van der Waals surface area (Å²) in [5.41, 5.74) is 0.455. The van der Waals surface area contributed by atoms with Crippen LogP contribution in [0.4, 0.5) is 5.69 Å². The van der Waals surface area contributed by atoms with E-state index in [4.69, 9.17) is 23.2 Å². The van der Waals surface area contributed by atoms with Crippen LogP contribution in [0.15, 0.2) is 18.2 Å². The number of benzene rings is 1. The van der Waals surface area contributed by atoms with Crippen molar-refractivity contribution in [3.05, 3.63) is 28.2 Å². The zero-order valence-corrected chi connectivity index (χ0v) is 14.1. The first-order chi connectivity index (χ1) is 11.0. The molecule has 1 aromatic carbocycles. The van der Waals surface area contributed by atoms with Gasteiger partial charge in [-0.2, -0.15) is 0 Å². The Hall–Kier alpha value is -1.30. The van der Waals surface area contributed by atoms with Crippen molar-refractivity contribution in [1.29, 1.82) is 0 Å². The zero-order valence-electron chi connectivity index (χ0n) is 12.6. The van der Waals surface area contributed by atoms with E-state index in [1.54, 1.807) is 18.2 Å². The molecular weight excluding hydrogens is 337 g/mol. The standard InChI is InChI=1S/C16H19Cl2N3O2/c17-9-5-6-10(18)13(7-9)20-15(22)8-14-16(23)21-12-4-2-1-3-11(12)19-14/h5-7,11-12,14,19H,1-4,8H2,(H,20,22)(H,21,23)/t11-,12+,14-/m1/s1. The summed E-state index contributed by atoms with van der Waals surface area (Å²) in [4.78, 5) is 24.4. The number of halogens is 2. The van der Waals surface area contributed by atoms with E-state index >= 15 is 0 Å². The van der Waals surface area contributed by atoms with Crippen molar-refractivity contribution in [2.75, 3.05) is 5.32 Å². The number of fused-ring (bicyclic) bond motifs is 1. The summed E-state index contributed by atoms with van der Waals surface area (Å²) in [7, 11) is 0. The van der Waals surface area contributed by atoms with Crippen molar-refractivity contribution in [2.24, 2.45) is 0 Å². The summed E-state index contributed by atoms with van der Waals surface area (Å²) in [5, 5.41) is 9.96. The number of piperazine rings is 1. The molecule has 1 aliphatic heterocycles. The van der Waals surface area contributed by atoms with Crippen LogP contribution in [0.2, 0.25) is 10.0 Å². The molecule has 124 valence electrons. The number of hydrogen-bond acceptors (Lipinski definition) is 3. The van der Waals surface area contributed by atoms with Gasteiger partial charge in [0.05, 0.1) is 23.2 Å². The van der Waals surface area contributed by atoms with Gasteiger partial charge in [0.2, 0.25) is 11.8 Å². The minimum Gasteiger partial charge on any atom is -0.350 e. The van der Waals surface area contributed by atoms with Crippen LogP contribution in [0, 0.1) is 0 Å². The van der Waals surface area contributed by atoms with Crippen LogP contribution in [0.3, 0.4) is 0 Å². The molecule has 3 rings (SSSR count). The first-order valence-corrected chi connectivity index (χ1v) is 8.60.